The van der Waals surface area contributed by atoms with E-state index in [1.807, 2.05) is 30.3 Å². The number of hydrogen-bond acceptors (Lipinski definition) is 3. The maximum absolute atomic E-state index is 10.6. The topological polar surface area (TPSA) is 71.5 Å². The van der Waals surface area contributed by atoms with Crippen LogP contribution in [0.5, 0.6) is 5.75 Å². The second-order valence-electron chi connectivity index (χ2n) is 4.02. The van der Waals surface area contributed by atoms with E-state index in [0.717, 1.165) is 15.7 Å². The number of hydrogen-bond donors (Lipinski definition) is 2. The van der Waals surface area contributed by atoms with Gasteiger partial charge in [0.2, 0.25) is 0 Å². The van der Waals surface area contributed by atoms with E-state index in [4.69, 9.17) is 9.84 Å². The summed E-state index contributed by atoms with van der Waals surface area (Å²) in [5, 5.41) is 11.0. The lowest BCUT2D eigenvalue weighted by Crippen LogP contribution is -2.20. The van der Waals surface area contributed by atoms with Crippen LogP contribution < -0.4 is 10.1 Å². The first-order valence-corrected chi connectivity index (χ1v) is 6.72. The molecule has 0 aliphatic carbocycles. The number of ether oxygens (including phenoxy) is 1. The molecule has 1 aromatic carbocycles. The lowest BCUT2D eigenvalue weighted by Gasteiger charge is -2.11. The number of halogens is 1. The van der Waals surface area contributed by atoms with E-state index in [2.05, 4.69) is 26.2 Å². The Kier molecular flexibility index (Phi) is 4.95. The van der Waals surface area contributed by atoms with Gasteiger partial charge in [0.25, 0.3) is 0 Å². The molecule has 2 N–H and O–H groups in total. The van der Waals surface area contributed by atoms with Crippen LogP contribution in [0.3, 0.4) is 0 Å². The fraction of sp³-hybridized carbons (Fsp3) is 0.143. The van der Waals surface area contributed by atoms with Crippen molar-refractivity contribution in [3.8, 4) is 5.75 Å². The first kappa shape index (κ1) is 14.3. The van der Waals surface area contributed by atoms with Gasteiger partial charge in [-0.1, -0.05) is 22.0 Å². The average molecular weight is 337 g/mol. The molecule has 0 fully saturated rings. The normalized spacial score (nSPS) is 10.1. The predicted octanol–water partition coefficient (Wildman–Crippen LogP) is 3.19. The fourth-order valence-corrected chi connectivity index (χ4v) is 2.04. The molecular weight excluding hydrogens is 324 g/mol. The quantitative estimate of drug-likeness (QED) is 0.879. The fourth-order valence-electron chi connectivity index (χ4n) is 1.63. The van der Waals surface area contributed by atoms with Gasteiger partial charge in [-0.15, -0.1) is 0 Å². The lowest BCUT2D eigenvalue weighted by atomic mass is 10.2. The second-order valence-corrected chi connectivity index (χ2v) is 4.94. The number of nitrogens with zero attached hydrogens (tertiary/aromatic N) is 1. The van der Waals surface area contributed by atoms with E-state index < -0.39 is 6.09 Å². The highest BCUT2D eigenvalue weighted by Gasteiger charge is 2.07. The van der Waals surface area contributed by atoms with Crippen molar-refractivity contribution in [2.45, 2.75) is 13.2 Å². The number of carboxylic acid groups (broad SMARTS) is 1. The molecule has 5 nitrogen and oxygen atoms in total. The summed E-state index contributed by atoms with van der Waals surface area (Å²) in [6.45, 7) is 0.523. The number of rotatable bonds is 5. The first-order valence-electron chi connectivity index (χ1n) is 5.93. The van der Waals surface area contributed by atoms with Gasteiger partial charge >= 0.3 is 6.09 Å². The summed E-state index contributed by atoms with van der Waals surface area (Å²) in [4.78, 5) is 14.7. The first-order chi connectivity index (χ1) is 9.65. The van der Waals surface area contributed by atoms with Gasteiger partial charge in [0, 0.05) is 22.8 Å². The second kappa shape index (κ2) is 6.91. The minimum absolute atomic E-state index is 0.187. The van der Waals surface area contributed by atoms with Crippen LogP contribution in [0, 0.1) is 0 Å². The minimum atomic E-state index is -1.07. The Morgan fingerprint density at radius 1 is 1.35 bits per heavy atom. The van der Waals surface area contributed by atoms with Gasteiger partial charge < -0.3 is 15.2 Å². The van der Waals surface area contributed by atoms with Crippen LogP contribution in [0.25, 0.3) is 0 Å². The molecule has 0 atom stereocenters. The third-order valence-corrected chi connectivity index (χ3v) is 3.05. The number of amides is 1. The third-order valence-electron chi connectivity index (χ3n) is 2.55. The molecule has 0 aliphatic rings. The van der Waals surface area contributed by atoms with E-state index in [9.17, 15) is 4.79 Å². The van der Waals surface area contributed by atoms with E-state index in [1.54, 1.807) is 12.3 Å². The van der Waals surface area contributed by atoms with Gasteiger partial charge in [-0.25, -0.2) is 4.79 Å². The van der Waals surface area contributed by atoms with Gasteiger partial charge in [-0.2, -0.15) is 0 Å². The van der Waals surface area contributed by atoms with Crippen LogP contribution in [-0.4, -0.2) is 16.2 Å². The SMILES string of the molecule is O=C(O)NCc1cc(Br)ccc1OCc1ccccn1. The molecule has 2 aromatic rings. The molecule has 20 heavy (non-hydrogen) atoms. The highest BCUT2D eigenvalue weighted by molar-refractivity contribution is 9.10. The zero-order valence-corrected chi connectivity index (χ0v) is 12.1. The summed E-state index contributed by atoms with van der Waals surface area (Å²) in [5.41, 5.74) is 1.57. The monoisotopic (exact) mass is 336 g/mol. The van der Waals surface area contributed by atoms with E-state index in [0.29, 0.717) is 12.4 Å². The number of benzene rings is 1. The molecule has 1 aromatic heterocycles. The molecule has 6 heteroatoms. The molecule has 2 rings (SSSR count). The zero-order valence-electron chi connectivity index (χ0n) is 10.5. The summed E-state index contributed by atoms with van der Waals surface area (Å²) in [5.74, 6) is 0.632. The molecule has 104 valence electrons. The smallest absolute Gasteiger partial charge is 0.404 e. The standard InChI is InChI=1S/C14H13BrN2O3/c15-11-4-5-13(10(7-11)8-17-14(18)19)20-9-12-3-1-2-6-16-12/h1-7,17H,8-9H2,(H,18,19). The van der Waals surface area contributed by atoms with Crippen molar-refractivity contribution < 1.29 is 14.6 Å². The largest absolute Gasteiger partial charge is 0.487 e. The molecule has 0 radical (unpaired) electrons. The van der Waals surface area contributed by atoms with Crippen molar-refractivity contribution in [2.24, 2.45) is 0 Å². The molecule has 0 saturated carbocycles. The van der Waals surface area contributed by atoms with Crippen LogP contribution >= 0.6 is 15.9 Å². The third kappa shape index (κ3) is 4.24. The number of aromatic nitrogens is 1. The van der Waals surface area contributed by atoms with E-state index in [-0.39, 0.29) is 6.54 Å². The highest BCUT2D eigenvalue weighted by atomic mass is 79.9. The molecule has 0 unspecified atom stereocenters. The van der Waals surface area contributed by atoms with Gasteiger partial charge in [0.05, 0.1) is 5.69 Å². The lowest BCUT2D eigenvalue weighted by molar-refractivity contribution is 0.193. The van der Waals surface area contributed by atoms with Crippen LogP contribution in [0.1, 0.15) is 11.3 Å². The Morgan fingerprint density at radius 3 is 2.90 bits per heavy atom. The van der Waals surface area contributed by atoms with Gasteiger partial charge in [-0.05, 0) is 30.3 Å². The Morgan fingerprint density at radius 2 is 2.20 bits per heavy atom. The highest BCUT2D eigenvalue weighted by Crippen LogP contribution is 2.24. The van der Waals surface area contributed by atoms with Gasteiger partial charge in [-0.3, -0.25) is 4.98 Å². The van der Waals surface area contributed by atoms with E-state index in [1.165, 1.54) is 0 Å². The van der Waals surface area contributed by atoms with Gasteiger partial charge in [0.15, 0.2) is 0 Å². The Labute approximate surface area is 124 Å². The van der Waals surface area contributed by atoms with Crippen molar-refractivity contribution in [1.82, 2.24) is 10.3 Å². The number of carbonyl (C=O) groups is 1. The van der Waals surface area contributed by atoms with Crippen LogP contribution in [0.2, 0.25) is 0 Å². The Balaban J connectivity index is 2.08. The van der Waals surface area contributed by atoms with Crippen LogP contribution in [0.4, 0.5) is 4.79 Å². The minimum Gasteiger partial charge on any atom is -0.487 e. The number of pyridine rings is 1. The van der Waals surface area contributed by atoms with Gasteiger partial charge in [0.1, 0.15) is 12.4 Å². The van der Waals surface area contributed by atoms with Crippen molar-refractivity contribution in [3.05, 3.63) is 58.3 Å². The molecule has 0 bridgehead atoms. The summed E-state index contributed by atoms with van der Waals surface area (Å²) < 4.78 is 6.56. The van der Waals surface area contributed by atoms with Crippen molar-refractivity contribution in [1.29, 1.82) is 0 Å². The van der Waals surface area contributed by atoms with Crippen LogP contribution in [-0.2, 0) is 13.2 Å². The Hall–Kier alpha value is -2.08. The average Bonchev–Trinajstić information content (AvgIpc) is 2.45. The van der Waals surface area contributed by atoms with Crippen molar-refractivity contribution in [3.63, 3.8) is 0 Å². The summed E-state index contributed by atoms with van der Waals surface area (Å²) >= 11 is 3.36. The molecule has 1 heterocycles. The van der Waals surface area contributed by atoms with Crippen molar-refractivity contribution >= 4 is 22.0 Å². The zero-order chi connectivity index (χ0) is 14.4. The maximum atomic E-state index is 10.6. The Bertz CT molecular complexity index is 590. The summed E-state index contributed by atoms with van der Waals surface area (Å²) in [6.07, 6.45) is 0.633. The van der Waals surface area contributed by atoms with E-state index >= 15 is 0 Å². The molecule has 0 saturated heterocycles. The molecule has 0 aliphatic heterocycles. The summed E-state index contributed by atoms with van der Waals surface area (Å²) in [7, 11) is 0. The number of nitrogens with one attached hydrogen (secondary N) is 1. The predicted molar refractivity (Wildman–Crippen MR) is 77.6 cm³/mol. The molecule has 0 spiro atoms. The maximum Gasteiger partial charge on any atom is 0.404 e. The molecule has 1 amide bonds. The summed E-state index contributed by atoms with van der Waals surface area (Å²) in [6, 6.07) is 11.1. The molecular formula is C14H13BrN2O3. The van der Waals surface area contributed by atoms with Crippen molar-refractivity contribution in [2.75, 3.05) is 0 Å². The van der Waals surface area contributed by atoms with Crippen LogP contribution in [0.15, 0.2) is 47.1 Å².